The molecule has 0 spiro atoms. The summed E-state index contributed by atoms with van der Waals surface area (Å²) < 4.78 is 59.3. The molecule has 0 aromatic heterocycles. The monoisotopic (exact) mass is 2130 g/mol. The molecule has 3 aliphatic carbocycles. The highest BCUT2D eigenvalue weighted by Crippen LogP contribution is 2.69. The van der Waals surface area contributed by atoms with Gasteiger partial charge in [-0.25, -0.2) is 9.59 Å². The van der Waals surface area contributed by atoms with Crippen molar-refractivity contribution < 1.29 is 135 Å². The minimum Gasteiger partial charge on any atom is -0.481 e. The maximum Gasteiger partial charge on any atom is 0.461 e. The van der Waals surface area contributed by atoms with E-state index < -0.39 is 126 Å². The van der Waals surface area contributed by atoms with Crippen LogP contribution in [-0.4, -0.2) is 271 Å². The minimum atomic E-state index is -1.04. The summed E-state index contributed by atoms with van der Waals surface area (Å²) in [5.41, 5.74) is 19.8. The first-order valence-electron chi connectivity index (χ1n) is 48.8. The molecule has 816 valence electrons. The Morgan fingerprint density at radius 1 is 0.601 bits per heavy atom. The van der Waals surface area contributed by atoms with Gasteiger partial charge < -0.3 is 111 Å². The highest BCUT2D eigenvalue weighted by Gasteiger charge is 2.73. The fraction of sp³-hybridized carbons (Fsp3) is 0.663. The highest BCUT2D eigenvalue weighted by atomic mass is 79.9. The van der Waals surface area contributed by atoms with Gasteiger partial charge in [0.1, 0.15) is 24.2 Å². The first-order chi connectivity index (χ1) is 66.7. The van der Waals surface area contributed by atoms with Crippen molar-refractivity contribution in [2.75, 3.05) is 119 Å². The third-order valence-corrected chi connectivity index (χ3v) is 24.5. The van der Waals surface area contributed by atoms with E-state index in [9.17, 15) is 62.3 Å². The van der Waals surface area contributed by atoms with Gasteiger partial charge in [-0.15, -0.1) is 57.7 Å². The van der Waals surface area contributed by atoms with Crippen LogP contribution in [0.5, 0.6) is 0 Å². The zero-order chi connectivity index (χ0) is 107. The van der Waals surface area contributed by atoms with Crippen LogP contribution >= 0.6 is 40.7 Å². The van der Waals surface area contributed by atoms with Gasteiger partial charge >= 0.3 is 42.9 Å². The second-order valence-corrected chi connectivity index (χ2v) is 37.4. The van der Waals surface area contributed by atoms with Crippen LogP contribution in [0, 0.1) is 52.8 Å². The number of hydrogen-bond donors (Lipinski definition) is 11. The summed E-state index contributed by atoms with van der Waals surface area (Å²) in [6.07, 6.45) is 19.1. The van der Waals surface area contributed by atoms with Crippen LogP contribution in [-0.2, 0) is 116 Å². The Kier molecular flexibility index (Phi) is 79.4. The number of methoxy groups -OCH3 is 3. The number of ketones is 3. The minimum absolute atomic E-state index is 0. The summed E-state index contributed by atoms with van der Waals surface area (Å²) in [5.74, 6) is -7.77. The van der Waals surface area contributed by atoms with Gasteiger partial charge in [0, 0.05) is 114 Å². The van der Waals surface area contributed by atoms with E-state index in [4.69, 9.17) is 75.4 Å². The molecule has 2 saturated heterocycles. The topological polar surface area (TPSA) is 531 Å². The molecule has 2 aromatic carbocycles. The van der Waals surface area contributed by atoms with E-state index in [-0.39, 0.29) is 123 Å². The van der Waals surface area contributed by atoms with Crippen LogP contribution in [0.1, 0.15) is 228 Å². The molecule has 14 N–H and O–H groups in total. The van der Waals surface area contributed by atoms with Crippen LogP contribution in [0.15, 0.2) is 112 Å². The van der Waals surface area contributed by atoms with Crippen molar-refractivity contribution in [3.63, 3.8) is 0 Å². The van der Waals surface area contributed by atoms with Crippen molar-refractivity contribution in [3.8, 4) is 11.1 Å². The number of unbranched alkanes of at least 4 members (excludes halogenated alkanes) is 2. The Morgan fingerprint density at radius 2 is 1.08 bits per heavy atom. The van der Waals surface area contributed by atoms with Crippen LogP contribution in [0.25, 0.3) is 11.1 Å². The summed E-state index contributed by atoms with van der Waals surface area (Å²) in [6.45, 7) is 48.6. The van der Waals surface area contributed by atoms with E-state index in [1.807, 2.05) is 19.1 Å². The third-order valence-electron chi connectivity index (χ3n) is 24.1. The molecule has 2 aliphatic heterocycles. The molecule has 0 radical (unpaired) electrons. The van der Waals surface area contributed by atoms with Gasteiger partial charge in [0.2, 0.25) is 23.6 Å². The molecule has 35 nitrogen and oxygen atoms in total. The number of esters is 3. The summed E-state index contributed by atoms with van der Waals surface area (Å²) in [4.78, 5) is 156. The molecule has 7 rings (SSSR count). The molecule has 5 fully saturated rings. The number of halogens is 3. The Bertz CT molecular complexity index is 3990. The van der Waals surface area contributed by atoms with Gasteiger partial charge in [-0.3, -0.25) is 52.7 Å². The highest BCUT2D eigenvalue weighted by molar-refractivity contribution is 9.09. The number of alkyl halides is 1. The molecular weight excluding hydrogens is 1960 g/mol. The summed E-state index contributed by atoms with van der Waals surface area (Å²) >= 11 is 3.13. The van der Waals surface area contributed by atoms with Crippen molar-refractivity contribution in [2.45, 2.75) is 272 Å². The van der Waals surface area contributed by atoms with Gasteiger partial charge in [-0.2, -0.15) is 0 Å². The van der Waals surface area contributed by atoms with Gasteiger partial charge in [0.05, 0.1) is 95.4 Å². The van der Waals surface area contributed by atoms with Crippen molar-refractivity contribution in [1.29, 1.82) is 0 Å². The number of carbonyl (C=O) groups is 13. The number of carboxylic acids is 3. The Balaban J connectivity index is -0.00000100. The normalized spacial score (nSPS) is 19.8. The maximum absolute atomic E-state index is 14.1. The first kappa shape index (κ1) is 141. The fourth-order valence-electron chi connectivity index (χ4n) is 14.6. The summed E-state index contributed by atoms with van der Waals surface area (Å²) in [5, 5.41) is 44.8. The smallest absolute Gasteiger partial charge is 0.461 e. The van der Waals surface area contributed by atoms with E-state index in [0.717, 1.165) is 48.6 Å². The standard InChI is InChI=1S/C53H78BN3O9.C12H21NO4.C11H20N2O4.C8H15NO3.C8H14O3.C5H10O3.C4H8O2.C3H5Br.2ClH/c1-8-9-14-37-16-18-38(19-17-37)39-20-22-40(23-21-39)45(58)31-41(15-10-11-25-55)50(62)57-44-34-64-27-13-12-26-63-28-24-43(56-49(61)35(2)29-46(44)59)47(60)30-36(3)54-65-52(6)33-42-32-48(51(42,4)5)53(52,7)66-54;1-5-7-17-8-6-10(12(15)16-4)13-11(14)9(2)3;1-4-6-17-7-5-9(11(15)16-3)13-10(14)8(2)12;1-3-5-12-6-4-7(9)8(10)11-2;1-3-5-11-6-4-7(2)8(9)10;1-4(2-3-6)5(7)8;1-3(2)4(5)6;1-2-3-4;;/h16-23,35-36,41-44,48H,8-15,24-34,55H2,1-7H3,(H,56,61)(H,57,62);5,9-10H,1,6-8H2,2-4H3,(H,13,14);4,8-9H,1,5-7,12H2,2-3H3,(H,13,14);3,7H,1,4-6,9H2,2H3;3,7H,1,4-6H2,2H3,(H,9,10);4,6H,2-3H2,1H3,(H,7,8);3H,1-2H3,(H,5,6);2H,1,3H2;2*1H/t35-,36-,41-,42+,43+,44+,48+,52-,53+;10-;8-,9-;2*7-;4-;;;;/m100000..../s1. The largest absolute Gasteiger partial charge is 0.481 e. The molecule has 39 heteroatoms. The van der Waals surface area contributed by atoms with E-state index in [1.54, 1.807) is 91.0 Å². The van der Waals surface area contributed by atoms with Gasteiger partial charge in [-0.1, -0.05) is 184 Å². The number of carbonyl (C=O) groups excluding carboxylic acids is 10. The lowest BCUT2D eigenvalue weighted by molar-refractivity contribution is -0.235. The second kappa shape index (κ2) is 80.6. The fourth-order valence-corrected chi connectivity index (χ4v) is 14.6. The van der Waals surface area contributed by atoms with Crippen LogP contribution < -0.4 is 38.5 Å². The molecule has 3 saturated carbocycles. The van der Waals surface area contributed by atoms with Crippen molar-refractivity contribution in [3.05, 3.63) is 123 Å². The SMILES string of the molecule is C=CCBr.C=CCOCC[C@H](C)C(=O)O.C=CCOCC[C@H](N)C(=O)OC.C=CCOCC[C@H](NC(=O)C(C)C)C(=O)OC.C=CCOCC[C@H](NC(=O)[C@H](C)N)C(=O)OC.CC(C)C(=O)O.CCCCc1ccc(-c2ccc(C(=O)C[C@@H](CCCCN)C(=O)N[C@H]3COCCCCOCC[C@@H](C(=O)C[C@@H](C)B4O[C@]5(C)C[C@@H]6C[C@@H](C6(C)C)[C@]5(C)O4)NC(=O)[C@H](C)CC3=O)cc2)cc1.C[C@@H](CCO)C(=O)O.Cl.Cl. The lowest BCUT2D eigenvalue weighted by Gasteiger charge is -2.67. The average molecular weight is 2130 g/mol. The number of aliphatic hydroxyl groups is 1. The van der Waals surface area contributed by atoms with Gasteiger partial charge in [0.25, 0.3) is 0 Å². The average Bonchev–Trinajstić information content (AvgIpc) is 1.58. The predicted molar refractivity (Wildman–Crippen MR) is 563 cm³/mol. The van der Waals surface area contributed by atoms with E-state index in [0.29, 0.717) is 154 Å². The third kappa shape index (κ3) is 57.4. The lowest BCUT2D eigenvalue weighted by atomic mass is 9.41. The number of aliphatic carboxylic acids is 3. The number of aliphatic hydroxyl groups excluding tert-OH is 1. The van der Waals surface area contributed by atoms with E-state index in [1.165, 1.54) is 33.8 Å². The molecule has 2 aromatic rings. The Morgan fingerprint density at radius 3 is 1.51 bits per heavy atom. The lowest BCUT2D eigenvalue weighted by Crippen LogP contribution is -2.70. The Hall–Kier alpha value is -8.51. The molecule has 0 unspecified atom stereocenters. The Labute approximate surface area is 870 Å². The molecule has 2 bridgehead atoms. The molecular formula is C104H173BBrCl2N7O28. The number of nitrogens with two attached hydrogens (primary N) is 3. The number of hydrogen-bond acceptors (Lipinski definition) is 28. The molecule has 4 amide bonds. The molecule has 5 aliphatic rings. The predicted octanol–water partition coefficient (Wildman–Crippen LogP) is 13.3. The number of benzene rings is 2. The molecule has 15 atom stereocenters. The van der Waals surface area contributed by atoms with Gasteiger partial charge in [0.15, 0.2) is 17.3 Å². The van der Waals surface area contributed by atoms with Crippen LogP contribution in [0.3, 0.4) is 0 Å². The molecule has 143 heavy (non-hydrogen) atoms. The quantitative estimate of drug-likeness (QED) is 0.00557. The zero-order valence-electron chi connectivity index (χ0n) is 87.8. The summed E-state index contributed by atoms with van der Waals surface area (Å²) in [6, 6.07) is 11.5. The van der Waals surface area contributed by atoms with Crippen molar-refractivity contribution in [1.82, 2.24) is 21.3 Å². The summed E-state index contributed by atoms with van der Waals surface area (Å²) in [7, 11) is 3.32. The zero-order valence-corrected chi connectivity index (χ0v) is 91.1. The number of allylic oxidation sites excluding steroid dienone is 1. The second-order valence-electron chi connectivity index (χ2n) is 36.7. The molecule has 2 heterocycles. The van der Waals surface area contributed by atoms with E-state index in [2.05, 4.69) is 143 Å². The number of rotatable bonds is 50. The maximum atomic E-state index is 14.1. The van der Waals surface area contributed by atoms with Crippen LogP contribution in [0.4, 0.5) is 0 Å². The number of nitrogens with one attached hydrogen (secondary N) is 4. The first-order valence-corrected chi connectivity index (χ1v) is 50.0. The van der Waals surface area contributed by atoms with Crippen molar-refractivity contribution >= 4 is 125 Å². The number of Topliss-reactive ketones (excluding diaryl/α,β-unsaturated/α-hetero) is 3. The van der Waals surface area contributed by atoms with Gasteiger partial charge in [-0.05, 0) is 144 Å². The number of aryl methyl sites for hydroxylation is 1. The number of ether oxygens (including phenoxy) is 9. The van der Waals surface area contributed by atoms with Crippen LogP contribution in [0.2, 0.25) is 5.82 Å². The number of carboxylic acid groups (broad SMARTS) is 3. The van der Waals surface area contributed by atoms with Crippen molar-refractivity contribution in [2.24, 2.45) is 70.0 Å². The van der Waals surface area contributed by atoms with E-state index >= 15 is 0 Å². The number of amides is 4.